The summed E-state index contributed by atoms with van der Waals surface area (Å²) in [6, 6.07) is 2.96. The van der Waals surface area contributed by atoms with Crippen molar-refractivity contribution in [1.29, 1.82) is 0 Å². The molecule has 144 valence electrons. The van der Waals surface area contributed by atoms with Gasteiger partial charge in [-0.3, -0.25) is 14.4 Å². The van der Waals surface area contributed by atoms with E-state index in [0.29, 0.717) is 5.69 Å². The Labute approximate surface area is 170 Å². The zero-order chi connectivity index (χ0) is 20.0. The normalized spacial score (nSPS) is 20.0. The highest BCUT2D eigenvalue weighted by Crippen LogP contribution is 2.40. The summed E-state index contributed by atoms with van der Waals surface area (Å²) in [5.74, 6) is -0.0536. The van der Waals surface area contributed by atoms with Crippen molar-refractivity contribution in [3.05, 3.63) is 33.8 Å². The highest BCUT2D eigenvalue weighted by atomic mass is 35.5. The predicted molar refractivity (Wildman–Crippen MR) is 105 cm³/mol. The topological polar surface area (TPSA) is 88.4 Å². The lowest BCUT2D eigenvalue weighted by Crippen LogP contribution is -2.36. The van der Waals surface area contributed by atoms with Gasteiger partial charge in [-0.05, 0) is 37.8 Å². The van der Waals surface area contributed by atoms with Gasteiger partial charge < -0.3 is 4.74 Å². The van der Waals surface area contributed by atoms with Gasteiger partial charge in [-0.15, -0.1) is 0 Å². The van der Waals surface area contributed by atoms with Crippen LogP contribution in [-0.4, -0.2) is 35.6 Å². The van der Waals surface area contributed by atoms with Gasteiger partial charge in [-0.2, -0.15) is 10.1 Å². The molecule has 4 rings (SSSR count). The van der Waals surface area contributed by atoms with E-state index in [2.05, 4.69) is 10.1 Å². The molecule has 28 heavy (non-hydrogen) atoms. The highest BCUT2D eigenvalue weighted by Gasteiger charge is 2.33. The fourth-order valence-corrected chi connectivity index (χ4v) is 3.53. The third-order valence-electron chi connectivity index (χ3n) is 4.63. The number of ketones is 2. The third-order valence-corrected chi connectivity index (χ3v) is 5.19. The molecule has 2 aliphatic heterocycles. The number of benzene rings is 1. The van der Waals surface area contributed by atoms with Gasteiger partial charge in [0, 0.05) is 11.6 Å². The molecule has 9 heteroatoms. The molecule has 3 aliphatic rings. The number of carbonyl (C=O) groups is 3. The van der Waals surface area contributed by atoms with Gasteiger partial charge in [0.15, 0.2) is 17.3 Å². The van der Waals surface area contributed by atoms with E-state index in [1.165, 1.54) is 19.1 Å². The lowest BCUT2D eigenvalue weighted by Gasteiger charge is -2.22. The van der Waals surface area contributed by atoms with Crippen molar-refractivity contribution in [3.63, 3.8) is 0 Å². The smallest absolute Gasteiger partial charge is 0.255 e. The van der Waals surface area contributed by atoms with Crippen LogP contribution in [0, 0.1) is 5.92 Å². The number of aliphatic imine (C=N–C) groups is 1. The Morgan fingerprint density at radius 1 is 1.11 bits per heavy atom. The number of halogens is 2. The lowest BCUT2D eigenvalue weighted by molar-refractivity contribution is -0.124. The summed E-state index contributed by atoms with van der Waals surface area (Å²) in [5, 5.41) is 5.41. The van der Waals surface area contributed by atoms with Gasteiger partial charge in [0.1, 0.15) is 12.3 Å². The molecule has 0 atom stereocenters. The maximum absolute atomic E-state index is 12.1. The van der Waals surface area contributed by atoms with E-state index in [1.807, 2.05) is 0 Å². The number of carbonyl (C=O) groups excluding carboxylic acids is 3. The Hall–Kier alpha value is -2.51. The predicted octanol–water partition coefficient (Wildman–Crippen LogP) is 3.37. The maximum Gasteiger partial charge on any atom is 0.255 e. The van der Waals surface area contributed by atoms with Crippen LogP contribution < -0.4 is 9.75 Å². The number of hydrogen-bond acceptors (Lipinski definition) is 6. The van der Waals surface area contributed by atoms with Crippen molar-refractivity contribution < 1.29 is 19.1 Å². The van der Waals surface area contributed by atoms with Crippen LogP contribution in [0.1, 0.15) is 26.2 Å². The first kappa shape index (κ1) is 18.8. The fraction of sp³-hybridized carbons (Fsp3) is 0.316. The summed E-state index contributed by atoms with van der Waals surface area (Å²) in [6.45, 7) is 1.57. The van der Waals surface area contributed by atoms with Crippen LogP contribution >= 0.6 is 23.2 Å². The molecule has 1 aliphatic carbocycles. The quantitative estimate of drug-likeness (QED) is 0.702. The molecule has 0 spiro atoms. The Bertz CT molecular complexity index is 985. The zero-order valence-electron chi connectivity index (χ0n) is 14.9. The molecule has 1 aromatic rings. The first-order chi connectivity index (χ1) is 13.3. The summed E-state index contributed by atoms with van der Waals surface area (Å²) >= 11 is 12.6. The summed E-state index contributed by atoms with van der Waals surface area (Å²) in [7, 11) is 0. The van der Waals surface area contributed by atoms with Crippen LogP contribution in [0.3, 0.4) is 0 Å². The van der Waals surface area contributed by atoms with Gasteiger partial charge in [-0.1, -0.05) is 23.2 Å². The molecule has 0 N–H and O–H groups in total. The molecule has 1 amide bonds. The van der Waals surface area contributed by atoms with E-state index >= 15 is 0 Å². The monoisotopic (exact) mass is 419 g/mol. The largest absolute Gasteiger partial charge is 0.436 e. The number of hydrogen-bond donors (Lipinski definition) is 0. The first-order valence-corrected chi connectivity index (χ1v) is 9.46. The van der Waals surface area contributed by atoms with Crippen molar-refractivity contribution in [1.82, 2.24) is 0 Å². The van der Waals surface area contributed by atoms with Gasteiger partial charge in [-0.25, -0.2) is 4.99 Å². The molecule has 1 fully saturated rings. The molecule has 1 aromatic carbocycles. The van der Waals surface area contributed by atoms with E-state index in [-0.39, 0.29) is 57.9 Å². The molecule has 0 aromatic heterocycles. The summed E-state index contributed by atoms with van der Waals surface area (Å²) < 4.78 is 5.74. The maximum atomic E-state index is 12.1. The fourth-order valence-electron chi connectivity index (χ4n) is 2.98. The van der Waals surface area contributed by atoms with E-state index in [1.54, 1.807) is 6.08 Å². The number of anilines is 1. The molecule has 0 unspecified atom stereocenters. The third kappa shape index (κ3) is 3.59. The molecule has 0 bridgehead atoms. The SMILES string of the molecule is CC1=NN(c2cc(Cl)c(OC3=NCC(=O)C(C4CC4)=C3)c(Cl)c2)C(=O)CC1=O. The van der Waals surface area contributed by atoms with Crippen molar-refractivity contribution in [2.75, 3.05) is 11.6 Å². The minimum atomic E-state index is -0.469. The minimum Gasteiger partial charge on any atom is -0.436 e. The summed E-state index contributed by atoms with van der Waals surface area (Å²) in [4.78, 5) is 39.8. The zero-order valence-corrected chi connectivity index (χ0v) is 16.4. The average Bonchev–Trinajstić information content (AvgIpc) is 3.47. The molecule has 7 nitrogen and oxygen atoms in total. The second-order valence-electron chi connectivity index (χ2n) is 6.78. The van der Waals surface area contributed by atoms with Gasteiger partial charge in [0.2, 0.25) is 5.90 Å². The van der Waals surface area contributed by atoms with E-state index in [9.17, 15) is 14.4 Å². The Kier molecular flexibility index (Phi) is 4.81. The van der Waals surface area contributed by atoms with Crippen LogP contribution in [0.15, 0.2) is 33.9 Å². The summed E-state index contributed by atoms with van der Waals surface area (Å²) in [5.41, 5.74) is 1.28. The number of hydrazone groups is 1. The highest BCUT2D eigenvalue weighted by molar-refractivity contribution is 6.44. The summed E-state index contributed by atoms with van der Waals surface area (Å²) in [6.07, 6.45) is 3.36. The number of nitrogens with zero attached hydrogens (tertiary/aromatic N) is 3. The second-order valence-corrected chi connectivity index (χ2v) is 7.60. The molecular formula is C19H15Cl2N3O4. The molecular weight excluding hydrogens is 405 g/mol. The van der Waals surface area contributed by atoms with E-state index in [0.717, 1.165) is 23.4 Å². The van der Waals surface area contributed by atoms with Crippen molar-refractivity contribution in [2.24, 2.45) is 16.0 Å². The number of Topliss-reactive ketones (excluding diaryl/α,β-unsaturated/α-hetero) is 2. The minimum absolute atomic E-state index is 0.00813. The Morgan fingerprint density at radius 2 is 1.79 bits per heavy atom. The number of ether oxygens (including phenoxy) is 1. The Morgan fingerprint density at radius 3 is 2.43 bits per heavy atom. The van der Waals surface area contributed by atoms with Crippen molar-refractivity contribution in [3.8, 4) is 5.75 Å². The van der Waals surface area contributed by atoms with Crippen LogP contribution in [0.2, 0.25) is 10.0 Å². The number of dihydropyridines is 1. The first-order valence-electron chi connectivity index (χ1n) is 8.71. The van der Waals surface area contributed by atoms with Crippen molar-refractivity contribution >= 4 is 58.0 Å². The molecule has 2 heterocycles. The van der Waals surface area contributed by atoms with Crippen LogP contribution in [0.4, 0.5) is 5.69 Å². The van der Waals surface area contributed by atoms with Crippen LogP contribution in [0.25, 0.3) is 0 Å². The number of rotatable bonds is 3. The Balaban J connectivity index is 1.61. The van der Waals surface area contributed by atoms with E-state index in [4.69, 9.17) is 27.9 Å². The van der Waals surface area contributed by atoms with Crippen LogP contribution in [0.5, 0.6) is 5.75 Å². The van der Waals surface area contributed by atoms with Crippen molar-refractivity contribution in [2.45, 2.75) is 26.2 Å². The number of amides is 1. The molecule has 0 saturated heterocycles. The standard InChI is InChI=1S/C19H15Cl2N3O4/c1-9-15(25)7-18(27)24(23-9)11-4-13(20)19(14(21)5-11)28-17-6-12(10-2-3-10)16(26)8-22-17/h4-6,10H,2-3,7-8H2,1H3. The van der Waals surface area contributed by atoms with Crippen LogP contribution in [-0.2, 0) is 14.4 Å². The van der Waals surface area contributed by atoms with E-state index < -0.39 is 5.91 Å². The van der Waals surface area contributed by atoms with Gasteiger partial charge in [0.25, 0.3) is 5.91 Å². The van der Waals surface area contributed by atoms with Gasteiger partial charge in [0.05, 0.1) is 22.2 Å². The van der Waals surface area contributed by atoms with Gasteiger partial charge >= 0.3 is 0 Å². The lowest BCUT2D eigenvalue weighted by atomic mass is 10.0. The molecule has 1 saturated carbocycles. The average molecular weight is 420 g/mol. The molecule has 0 radical (unpaired) electrons. The second kappa shape index (κ2) is 7.14.